The highest BCUT2D eigenvalue weighted by Crippen LogP contribution is 2.37. The van der Waals surface area contributed by atoms with E-state index >= 15 is 0 Å². The van der Waals surface area contributed by atoms with Gasteiger partial charge < -0.3 is 19.9 Å². The maximum atomic E-state index is 12.7. The highest BCUT2D eigenvalue weighted by molar-refractivity contribution is 5.92. The van der Waals surface area contributed by atoms with Gasteiger partial charge in [0.1, 0.15) is 5.69 Å². The fourth-order valence-electron chi connectivity index (χ4n) is 4.54. The Morgan fingerprint density at radius 3 is 2.62 bits per heavy atom. The first-order valence-corrected chi connectivity index (χ1v) is 11.1. The van der Waals surface area contributed by atoms with Gasteiger partial charge in [-0.1, -0.05) is 0 Å². The fraction of sp³-hybridized carbons (Fsp3) is 0.727. The van der Waals surface area contributed by atoms with Crippen LogP contribution in [0.1, 0.15) is 61.5 Å². The van der Waals surface area contributed by atoms with Crippen molar-refractivity contribution in [2.24, 2.45) is 5.92 Å². The Kier molecular flexibility index (Phi) is 6.25. The van der Waals surface area contributed by atoms with Crippen LogP contribution in [0.5, 0.6) is 0 Å². The molecule has 2 amide bonds. The molecule has 7 heteroatoms. The van der Waals surface area contributed by atoms with E-state index in [9.17, 15) is 9.59 Å². The second kappa shape index (κ2) is 8.88. The number of aliphatic hydroxyl groups is 1. The number of likely N-dealkylation sites (tertiary alicyclic amines) is 1. The quantitative estimate of drug-likeness (QED) is 0.624. The number of hydrogen-bond donors (Lipinski definition) is 2. The highest BCUT2D eigenvalue weighted by atomic mass is 16.3. The summed E-state index contributed by atoms with van der Waals surface area (Å²) < 4.78 is 2.10. The third-order valence-electron chi connectivity index (χ3n) is 6.66. The van der Waals surface area contributed by atoms with Crippen molar-refractivity contribution in [2.45, 2.75) is 63.1 Å². The molecule has 1 saturated heterocycles. The average Bonchev–Trinajstić information content (AvgIpc) is 3.63. The summed E-state index contributed by atoms with van der Waals surface area (Å²) in [4.78, 5) is 29.3. The van der Waals surface area contributed by atoms with Gasteiger partial charge in [0.05, 0.1) is 6.61 Å². The van der Waals surface area contributed by atoms with E-state index < -0.39 is 0 Å². The summed E-state index contributed by atoms with van der Waals surface area (Å²) in [6.07, 6.45) is 9.37. The lowest BCUT2D eigenvalue weighted by Crippen LogP contribution is -2.46. The first-order chi connectivity index (χ1) is 14.1. The van der Waals surface area contributed by atoms with Gasteiger partial charge in [0.15, 0.2) is 0 Å². The van der Waals surface area contributed by atoms with Crippen LogP contribution in [0.25, 0.3) is 0 Å². The molecular formula is C22H34N4O3. The first kappa shape index (κ1) is 20.4. The van der Waals surface area contributed by atoms with Gasteiger partial charge >= 0.3 is 0 Å². The van der Waals surface area contributed by atoms with Gasteiger partial charge in [-0.25, -0.2) is 0 Å². The van der Waals surface area contributed by atoms with Gasteiger partial charge in [0.2, 0.25) is 5.91 Å². The molecule has 0 unspecified atom stereocenters. The van der Waals surface area contributed by atoms with Crippen LogP contribution in [0.15, 0.2) is 18.3 Å². The number of carbonyl (C=O) groups excluding carboxylic acids is 2. The molecule has 2 heterocycles. The van der Waals surface area contributed by atoms with Gasteiger partial charge in [-0.05, 0) is 56.6 Å². The molecule has 160 valence electrons. The molecule has 1 aromatic rings. The summed E-state index contributed by atoms with van der Waals surface area (Å²) in [6.45, 7) is 2.05. The number of nitrogens with zero attached hydrogens (tertiary/aromatic N) is 3. The summed E-state index contributed by atoms with van der Waals surface area (Å²) in [7, 11) is 1.76. The highest BCUT2D eigenvalue weighted by Gasteiger charge is 2.38. The number of carbonyl (C=O) groups is 2. The van der Waals surface area contributed by atoms with Gasteiger partial charge in [-0.3, -0.25) is 14.5 Å². The number of hydrogen-bond acceptors (Lipinski definition) is 4. The molecule has 0 spiro atoms. The zero-order valence-corrected chi connectivity index (χ0v) is 17.4. The van der Waals surface area contributed by atoms with Crippen LogP contribution >= 0.6 is 0 Å². The largest absolute Gasteiger partial charge is 0.395 e. The number of amides is 2. The lowest BCUT2D eigenvalue weighted by Gasteiger charge is -2.31. The monoisotopic (exact) mass is 402 g/mol. The third kappa shape index (κ3) is 5.01. The van der Waals surface area contributed by atoms with Crippen molar-refractivity contribution in [3.63, 3.8) is 0 Å². The van der Waals surface area contributed by atoms with Crippen LogP contribution in [0.4, 0.5) is 0 Å². The van der Waals surface area contributed by atoms with Gasteiger partial charge in [-0.15, -0.1) is 0 Å². The van der Waals surface area contributed by atoms with Crippen LogP contribution in [0.2, 0.25) is 0 Å². The second-order valence-corrected chi connectivity index (χ2v) is 9.01. The molecule has 1 aliphatic heterocycles. The Labute approximate surface area is 173 Å². The molecule has 2 N–H and O–H groups in total. The smallest absolute Gasteiger partial charge is 0.267 e. The van der Waals surface area contributed by atoms with Crippen molar-refractivity contribution in [2.75, 3.05) is 33.3 Å². The molecule has 2 aliphatic carbocycles. The van der Waals surface area contributed by atoms with Crippen LogP contribution in [0.3, 0.4) is 0 Å². The molecule has 7 nitrogen and oxygen atoms in total. The van der Waals surface area contributed by atoms with E-state index in [0.717, 1.165) is 43.8 Å². The molecule has 4 rings (SSSR count). The van der Waals surface area contributed by atoms with Crippen molar-refractivity contribution in [1.29, 1.82) is 0 Å². The van der Waals surface area contributed by atoms with Crippen LogP contribution < -0.4 is 5.32 Å². The van der Waals surface area contributed by atoms with E-state index in [1.165, 1.54) is 12.8 Å². The van der Waals surface area contributed by atoms with Crippen molar-refractivity contribution in [3.05, 3.63) is 24.0 Å². The zero-order chi connectivity index (χ0) is 20.4. The Balaban J connectivity index is 1.34. The number of aliphatic hydroxyl groups excluding tert-OH is 1. The molecule has 3 fully saturated rings. The predicted molar refractivity (Wildman–Crippen MR) is 111 cm³/mol. The van der Waals surface area contributed by atoms with Gasteiger partial charge in [-0.2, -0.15) is 0 Å². The number of nitrogens with one attached hydrogen (secondary N) is 1. The fourth-order valence-corrected chi connectivity index (χ4v) is 4.54. The van der Waals surface area contributed by atoms with Crippen LogP contribution in [-0.2, 0) is 4.79 Å². The lowest BCUT2D eigenvalue weighted by atomic mass is 10.1. The van der Waals surface area contributed by atoms with Crippen LogP contribution in [-0.4, -0.2) is 76.7 Å². The van der Waals surface area contributed by atoms with Gasteiger partial charge in [0, 0.05) is 57.4 Å². The standard InChI is InChI=1S/C22H34N4O3/c1-24(11-12-27)21(28)13-18-8-9-19(26(18)15-16-4-5-16)14-23-22(29)20-3-2-10-25(20)17-6-7-17/h2-3,10,16-19,27H,4-9,11-15H2,1H3,(H,23,29)/t18-,19+/m1/s1. The molecule has 1 aromatic heterocycles. The summed E-state index contributed by atoms with van der Waals surface area (Å²) in [5.74, 6) is 0.846. The van der Waals surface area contributed by atoms with Gasteiger partial charge in [0.25, 0.3) is 5.91 Å². The summed E-state index contributed by atoms with van der Waals surface area (Å²) in [6, 6.07) is 4.89. The van der Waals surface area contributed by atoms with E-state index in [1.807, 2.05) is 18.3 Å². The Morgan fingerprint density at radius 1 is 1.17 bits per heavy atom. The normalized spacial score (nSPS) is 24.6. The van der Waals surface area contributed by atoms with Crippen molar-refractivity contribution in [3.8, 4) is 0 Å². The maximum Gasteiger partial charge on any atom is 0.267 e. The Bertz CT molecular complexity index is 725. The minimum atomic E-state index is -0.00403. The molecule has 2 saturated carbocycles. The van der Waals surface area contributed by atoms with E-state index in [2.05, 4.69) is 14.8 Å². The zero-order valence-electron chi connectivity index (χ0n) is 17.4. The van der Waals surface area contributed by atoms with Crippen LogP contribution in [0, 0.1) is 5.92 Å². The molecule has 3 aliphatic rings. The van der Waals surface area contributed by atoms with Crippen molar-refractivity contribution >= 4 is 11.8 Å². The maximum absolute atomic E-state index is 12.7. The minimum Gasteiger partial charge on any atom is -0.395 e. The second-order valence-electron chi connectivity index (χ2n) is 9.01. The average molecular weight is 403 g/mol. The molecule has 29 heavy (non-hydrogen) atoms. The van der Waals surface area contributed by atoms with Crippen molar-refractivity contribution < 1.29 is 14.7 Å². The Morgan fingerprint density at radius 2 is 1.93 bits per heavy atom. The summed E-state index contributed by atoms with van der Waals surface area (Å²) in [5, 5.41) is 12.2. The van der Waals surface area contributed by atoms with Crippen molar-refractivity contribution in [1.82, 2.24) is 19.7 Å². The lowest BCUT2D eigenvalue weighted by molar-refractivity contribution is -0.131. The summed E-state index contributed by atoms with van der Waals surface area (Å²) >= 11 is 0. The van der Waals surface area contributed by atoms with E-state index in [0.29, 0.717) is 31.6 Å². The number of rotatable bonds is 10. The minimum absolute atomic E-state index is 0.00403. The molecule has 0 bridgehead atoms. The number of aromatic nitrogens is 1. The predicted octanol–water partition coefficient (Wildman–Crippen LogP) is 1.64. The third-order valence-corrected chi connectivity index (χ3v) is 6.66. The summed E-state index contributed by atoms with van der Waals surface area (Å²) in [5.41, 5.74) is 0.761. The molecule has 2 atom stereocenters. The van der Waals surface area contributed by atoms with E-state index in [1.54, 1.807) is 11.9 Å². The molecule has 0 radical (unpaired) electrons. The SMILES string of the molecule is CN(CCO)C(=O)C[C@H]1CC[C@@H](CNC(=O)c2cccn2C2CC2)N1CC1CC1. The van der Waals surface area contributed by atoms with E-state index in [4.69, 9.17) is 5.11 Å². The Hall–Kier alpha value is -1.86. The topological polar surface area (TPSA) is 77.8 Å². The molecule has 0 aromatic carbocycles. The van der Waals surface area contributed by atoms with E-state index in [-0.39, 0.29) is 24.5 Å². The molecular weight excluding hydrogens is 368 g/mol. The number of likely N-dealkylation sites (N-methyl/N-ethyl adjacent to an activating group) is 1. The first-order valence-electron chi connectivity index (χ1n) is 11.1.